The first kappa shape index (κ1) is 9.40. The van der Waals surface area contributed by atoms with Crippen molar-refractivity contribution in [2.75, 3.05) is 7.11 Å². The Morgan fingerprint density at radius 3 is 2.64 bits per heavy atom. The monoisotopic (exact) mass is 212 g/mol. The molecule has 1 aromatic heterocycles. The highest BCUT2D eigenvalue weighted by atomic mass is 35.5. The van der Waals surface area contributed by atoms with Gasteiger partial charge < -0.3 is 4.74 Å². The lowest BCUT2D eigenvalue weighted by Crippen LogP contribution is -2.23. The second-order valence-corrected chi connectivity index (χ2v) is 3.69. The molecule has 0 unspecified atom stereocenters. The molecule has 1 aliphatic carbocycles. The van der Waals surface area contributed by atoms with Gasteiger partial charge in [-0.2, -0.15) is 0 Å². The molecule has 0 N–H and O–H groups in total. The van der Waals surface area contributed by atoms with Crippen LogP contribution in [0, 0.1) is 0 Å². The molecule has 0 bridgehead atoms. The molecule has 0 atom stereocenters. The first-order valence-electron chi connectivity index (χ1n) is 4.25. The number of methoxy groups -OCH3 is 1. The van der Waals surface area contributed by atoms with Crippen LogP contribution in [0.4, 0.5) is 0 Å². The number of carbonyl (C=O) groups excluding carboxylic acids is 1. The van der Waals surface area contributed by atoms with Crippen LogP contribution in [-0.4, -0.2) is 23.0 Å². The molecule has 1 aromatic rings. The van der Waals surface area contributed by atoms with E-state index in [2.05, 4.69) is 9.97 Å². The van der Waals surface area contributed by atoms with Crippen molar-refractivity contribution in [3.05, 3.63) is 23.2 Å². The molecule has 0 aliphatic heterocycles. The van der Waals surface area contributed by atoms with Crippen LogP contribution in [0.2, 0.25) is 5.15 Å². The van der Waals surface area contributed by atoms with Gasteiger partial charge in [-0.1, -0.05) is 11.6 Å². The van der Waals surface area contributed by atoms with Gasteiger partial charge in [-0.05, 0) is 12.8 Å². The minimum atomic E-state index is -0.549. The van der Waals surface area contributed by atoms with Crippen LogP contribution in [-0.2, 0) is 14.9 Å². The first-order chi connectivity index (χ1) is 6.69. The summed E-state index contributed by atoms with van der Waals surface area (Å²) in [6.45, 7) is 0. The lowest BCUT2D eigenvalue weighted by molar-refractivity contribution is -0.143. The summed E-state index contributed by atoms with van der Waals surface area (Å²) >= 11 is 5.61. The molecule has 1 heterocycles. The van der Waals surface area contributed by atoms with Gasteiger partial charge >= 0.3 is 5.97 Å². The molecule has 0 saturated heterocycles. The molecular weight excluding hydrogens is 204 g/mol. The maximum Gasteiger partial charge on any atom is 0.317 e. The van der Waals surface area contributed by atoms with Gasteiger partial charge in [0, 0.05) is 0 Å². The predicted molar refractivity (Wildman–Crippen MR) is 50.0 cm³/mol. The lowest BCUT2D eigenvalue weighted by Gasteiger charge is -2.10. The Bertz CT molecular complexity index is 360. The fraction of sp³-hybridized carbons (Fsp3) is 0.444. The summed E-state index contributed by atoms with van der Waals surface area (Å²) in [6.07, 6.45) is 4.53. The van der Waals surface area contributed by atoms with Crippen molar-refractivity contribution in [1.82, 2.24) is 9.97 Å². The Morgan fingerprint density at radius 2 is 2.21 bits per heavy atom. The number of halogens is 1. The second kappa shape index (κ2) is 3.20. The molecule has 14 heavy (non-hydrogen) atoms. The summed E-state index contributed by atoms with van der Waals surface area (Å²) in [4.78, 5) is 19.4. The Labute approximate surface area is 86.3 Å². The third-order valence-corrected chi connectivity index (χ3v) is 2.63. The summed E-state index contributed by atoms with van der Waals surface area (Å²) in [5, 5.41) is 0.328. The molecule has 0 radical (unpaired) electrons. The zero-order valence-electron chi connectivity index (χ0n) is 7.66. The van der Waals surface area contributed by atoms with Crippen molar-refractivity contribution < 1.29 is 9.53 Å². The summed E-state index contributed by atoms with van der Waals surface area (Å²) < 4.78 is 4.72. The van der Waals surface area contributed by atoms with Crippen LogP contribution in [0.5, 0.6) is 0 Å². The normalized spacial score (nSPS) is 17.6. The molecule has 2 rings (SSSR count). The van der Waals surface area contributed by atoms with E-state index < -0.39 is 5.41 Å². The quantitative estimate of drug-likeness (QED) is 0.695. The SMILES string of the molecule is COC(=O)C1(c2cnc(Cl)cn2)CC1. The minimum absolute atomic E-state index is 0.242. The number of carbonyl (C=O) groups is 1. The first-order valence-corrected chi connectivity index (χ1v) is 4.63. The van der Waals surface area contributed by atoms with Crippen molar-refractivity contribution in [2.24, 2.45) is 0 Å². The third kappa shape index (κ3) is 1.35. The fourth-order valence-corrected chi connectivity index (χ4v) is 1.54. The molecule has 74 valence electrons. The highest BCUT2D eigenvalue weighted by Gasteiger charge is 2.54. The van der Waals surface area contributed by atoms with Gasteiger partial charge in [-0.25, -0.2) is 4.98 Å². The number of nitrogens with zero attached hydrogens (tertiary/aromatic N) is 2. The van der Waals surface area contributed by atoms with Crippen LogP contribution >= 0.6 is 11.6 Å². The molecule has 1 saturated carbocycles. The molecule has 0 amide bonds. The van der Waals surface area contributed by atoms with Crippen LogP contribution in [0.1, 0.15) is 18.5 Å². The Kier molecular flexibility index (Phi) is 2.15. The minimum Gasteiger partial charge on any atom is -0.468 e. The average molecular weight is 213 g/mol. The van der Waals surface area contributed by atoms with Gasteiger partial charge in [0.25, 0.3) is 0 Å². The van der Waals surface area contributed by atoms with Gasteiger partial charge in [0.1, 0.15) is 10.6 Å². The molecule has 0 aromatic carbocycles. The molecule has 5 heteroatoms. The molecular formula is C9H9ClN2O2. The van der Waals surface area contributed by atoms with Crippen molar-refractivity contribution in [2.45, 2.75) is 18.3 Å². The van der Waals surface area contributed by atoms with Crippen LogP contribution < -0.4 is 0 Å². The van der Waals surface area contributed by atoms with Gasteiger partial charge in [0.05, 0.1) is 25.2 Å². The van der Waals surface area contributed by atoms with Gasteiger partial charge in [0.2, 0.25) is 0 Å². The number of hydrogen-bond donors (Lipinski definition) is 0. The van der Waals surface area contributed by atoms with E-state index in [1.807, 2.05) is 0 Å². The van der Waals surface area contributed by atoms with E-state index in [1.54, 1.807) is 0 Å². The largest absolute Gasteiger partial charge is 0.468 e. The second-order valence-electron chi connectivity index (χ2n) is 3.30. The molecule has 0 spiro atoms. The highest BCUT2D eigenvalue weighted by Crippen LogP contribution is 2.48. The molecule has 1 aliphatic rings. The van der Waals surface area contributed by atoms with Crippen molar-refractivity contribution in [3.8, 4) is 0 Å². The van der Waals surface area contributed by atoms with E-state index in [9.17, 15) is 4.79 Å². The molecule has 4 nitrogen and oxygen atoms in total. The number of aromatic nitrogens is 2. The van der Waals surface area contributed by atoms with Crippen molar-refractivity contribution in [1.29, 1.82) is 0 Å². The average Bonchev–Trinajstić information content (AvgIpc) is 2.99. The van der Waals surface area contributed by atoms with Crippen LogP contribution in [0.15, 0.2) is 12.4 Å². The smallest absolute Gasteiger partial charge is 0.317 e. The highest BCUT2D eigenvalue weighted by molar-refractivity contribution is 6.29. The number of ether oxygens (including phenoxy) is 1. The van der Waals surface area contributed by atoms with E-state index in [1.165, 1.54) is 19.5 Å². The summed E-state index contributed by atoms with van der Waals surface area (Å²) in [7, 11) is 1.38. The van der Waals surface area contributed by atoms with E-state index >= 15 is 0 Å². The zero-order chi connectivity index (χ0) is 10.2. The van der Waals surface area contributed by atoms with E-state index in [-0.39, 0.29) is 5.97 Å². The topological polar surface area (TPSA) is 52.1 Å². The van der Waals surface area contributed by atoms with E-state index in [4.69, 9.17) is 16.3 Å². The van der Waals surface area contributed by atoms with Gasteiger partial charge in [0.15, 0.2) is 0 Å². The van der Waals surface area contributed by atoms with Crippen molar-refractivity contribution in [3.63, 3.8) is 0 Å². The molecule has 1 fully saturated rings. The Morgan fingerprint density at radius 1 is 1.50 bits per heavy atom. The lowest BCUT2D eigenvalue weighted by atomic mass is 10.0. The standard InChI is InChI=1S/C9H9ClN2O2/c1-14-8(13)9(2-3-9)6-4-12-7(10)5-11-6/h4-5H,2-3H2,1H3. The number of hydrogen-bond acceptors (Lipinski definition) is 4. The fourth-order valence-electron chi connectivity index (χ4n) is 1.44. The number of esters is 1. The maximum atomic E-state index is 11.5. The Hall–Kier alpha value is -1.16. The summed E-state index contributed by atoms with van der Waals surface area (Å²) in [5.41, 5.74) is 0.0977. The third-order valence-electron chi connectivity index (χ3n) is 2.44. The van der Waals surface area contributed by atoms with Crippen LogP contribution in [0.3, 0.4) is 0 Å². The zero-order valence-corrected chi connectivity index (χ0v) is 8.41. The Balaban J connectivity index is 2.31. The van der Waals surface area contributed by atoms with Gasteiger partial charge in [-0.3, -0.25) is 9.78 Å². The van der Waals surface area contributed by atoms with E-state index in [0.29, 0.717) is 10.8 Å². The van der Waals surface area contributed by atoms with E-state index in [0.717, 1.165) is 12.8 Å². The summed E-state index contributed by atoms with van der Waals surface area (Å²) in [6, 6.07) is 0. The van der Waals surface area contributed by atoms with Crippen LogP contribution in [0.25, 0.3) is 0 Å². The summed E-state index contributed by atoms with van der Waals surface area (Å²) in [5.74, 6) is -0.242. The predicted octanol–water partition coefficient (Wildman–Crippen LogP) is 1.33. The van der Waals surface area contributed by atoms with Crippen molar-refractivity contribution >= 4 is 17.6 Å². The maximum absolute atomic E-state index is 11.5. The number of rotatable bonds is 2. The van der Waals surface area contributed by atoms with Gasteiger partial charge in [-0.15, -0.1) is 0 Å².